The van der Waals surface area contributed by atoms with Crippen molar-refractivity contribution in [2.45, 2.75) is 6.92 Å². The summed E-state index contributed by atoms with van der Waals surface area (Å²) in [4.78, 5) is 22.9. The summed E-state index contributed by atoms with van der Waals surface area (Å²) in [7, 11) is 0. The lowest BCUT2D eigenvalue weighted by molar-refractivity contribution is 0.0383. The number of hydrogen-bond acceptors (Lipinski definition) is 7. The Morgan fingerprint density at radius 1 is 1.22 bits per heavy atom. The van der Waals surface area contributed by atoms with Crippen LogP contribution in [0.5, 0.6) is 5.75 Å². The predicted octanol–water partition coefficient (Wildman–Crippen LogP) is 1.68. The van der Waals surface area contributed by atoms with Crippen LogP contribution in [0.4, 0.5) is 11.5 Å². The number of carbonyl (C=O) groups is 1. The summed E-state index contributed by atoms with van der Waals surface area (Å²) in [6.07, 6.45) is 3.01. The van der Waals surface area contributed by atoms with Gasteiger partial charge >= 0.3 is 0 Å². The van der Waals surface area contributed by atoms with Crippen molar-refractivity contribution in [1.29, 1.82) is 0 Å². The maximum Gasteiger partial charge on any atom is 0.271 e. The zero-order chi connectivity index (χ0) is 18.9. The fourth-order valence-electron chi connectivity index (χ4n) is 2.74. The number of nitrogens with zero attached hydrogens (tertiary/aromatic N) is 3. The Bertz CT molecular complexity index is 732. The molecule has 1 aliphatic rings. The first kappa shape index (κ1) is 19.1. The third-order valence-corrected chi connectivity index (χ3v) is 4.15. The minimum absolute atomic E-state index is 0.225. The number of carbonyl (C=O) groups excluding carboxylic acids is 1. The summed E-state index contributed by atoms with van der Waals surface area (Å²) in [5.74, 6) is 1.07. The van der Waals surface area contributed by atoms with E-state index in [1.54, 1.807) is 6.20 Å². The minimum atomic E-state index is -0.225. The number of morpholine rings is 1. The van der Waals surface area contributed by atoms with Crippen LogP contribution >= 0.6 is 0 Å². The zero-order valence-electron chi connectivity index (χ0n) is 15.5. The molecule has 8 nitrogen and oxygen atoms in total. The molecule has 0 aliphatic carbocycles. The quantitative estimate of drug-likeness (QED) is 0.730. The molecular weight excluding hydrogens is 346 g/mol. The summed E-state index contributed by atoms with van der Waals surface area (Å²) in [6.45, 7) is 7.19. The topological polar surface area (TPSA) is 88.6 Å². The van der Waals surface area contributed by atoms with Crippen molar-refractivity contribution in [3.63, 3.8) is 0 Å². The van der Waals surface area contributed by atoms with E-state index in [9.17, 15) is 4.79 Å². The monoisotopic (exact) mass is 371 g/mol. The molecule has 144 valence electrons. The highest BCUT2D eigenvalue weighted by Crippen LogP contribution is 2.26. The molecule has 0 radical (unpaired) electrons. The van der Waals surface area contributed by atoms with Gasteiger partial charge in [-0.1, -0.05) is 12.1 Å². The van der Waals surface area contributed by atoms with Crippen LogP contribution in [0.1, 0.15) is 17.4 Å². The first-order valence-electron chi connectivity index (χ1n) is 9.15. The highest BCUT2D eigenvalue weighted by molar-refractivity contribution is 5.92. The largest absolute Gasteiger partial charge is 0.492 e. The lowest BCUT2D eigenvalue weighted by Gasteiger charge is -2.26. The Hall–Kier alpha value is -2.71. The second-order valence-electron chi connectivity index (χ2n) is 6.05. The number of benzene rings is 1. The number of aromatic nitrogens is 2. The number of para-hydroxylation sites is 2. The molecule has 27 heavy (non-hydrogen) atoms. The van der Waals surface area contributed by atoms with Gasteiger partial charge in [-0.3, -0.25) is 9.69 Å². The van der Waals surface area contributed by atoms with Gasteiger partial charge in [-0.05, 0) is 19.1 Å². The predicted molar refractivity (Wildman–Crippen MR) is 103 cm³/mol. The van der Waals surface area contributed by atoms with Gasteiger partial charge in [-0.2, -0.15) is 0 Å². The number of anilines is 2. The summed E-state index contributed by atoms with van der Waals surface area (Å²) in [5, 5.41) is 6.04. The van der Waals surface area contributed by atoms with Crippen LogP contribution in [0.15, 0.2) is 36.7 Å². The van der Waals surface area contributed by atoms with Crippen molar-refractivity contribution in [2.24, 2.45) is 0 Å². The molecule has 0 bridgehead atoms. The average molecular weight is 371 g/mol. The van der Waals surface area contributed by atoms with Gasteiger partial charge in [0.15, 0.2) is 0 Å². The molecular formula is C19H25N5O3. The van der Waals surface area contributed by atoms with Crippen molar-refractivity contribution in [3.8, 4) is 5.75 Å². The second-order valence-corrected chi connectivity index (χ2v) is 6.05. The number of ether oxygens (including phenoxy) is 2. The van der Waals surface area contributed by atoms with Gasteiger partial charge in [-0.25, -0.2) is 9.97 Å². The molecule has 0 atom stereocenters. The van der Waals surface area contributed by atoms with Gasteiger partial charge in [0.25, 0.3) is 5.91 Å². The SMILES string of the molecule is CCOc1ccccc1Nc1cnc(C(=O)NCCN2CCOCC2)cn1. The van der Waals surface area contributed by atoms with Gasteiger partial charge in [0, 0.05) is 26.2 Å². The average Bonchev–Trinajstić information content (AvgIpc) is 2.71. The molecule has 1 aliphatic heterocycles. The maximum atomic E-state index is 12.2. The molecule has 1 aromatic heterocycles. The Morgan fingerprint density at radius 3 is 2.78 bits per heavy atom. The van der Waals surface area contributed by atoms with Gasteiger partial charge in [-0.15, -0.1) is 0 Å². The van der Waals surface area contributed by atoms with E-state index in [-0.39, 0.29) is 5.91 Å². The molecule has 0 saturated carbocycles. The minimum Gasteiger partial charge on any atom is -0.492 e. The van der Waals surface area contributed by atoms with E-state index in [2.05, 4.69) is 25.5 Å². The molecule has 3 rings (SSSR count). The summed E-state index contributed by atoms with van der Waals surface area (Å²) >= 11 is 0. The number of rotatable bonds is 8. The van der Waals surface area contributed by atoms with E-state index < -0.39 is 0 Å². The third kappa shape index (κ3) is 5.63. The zero-order valence-corrected chi connectivity index (χ0v) is 15.5. The fraction of sp³-hybridized carbons (Fsp3) is 0.421. The van der Waals surface area contributed by atoms with Crippen LogP contribution in [0.25, 0.3) is 0 Å². The summed E-state index contributed by atoms with van der Waals surface area (Å²) in [6, 6.07) is 7.61. The van der Waals surface area contributed by atoms with Gasteiger partial charge in [0.05, 0.1) is 37.9 Å². The van der Waals surface area contributed by atoms with E-state index >= 15 is 0 Å². The molecule has 2 heterocycles. The van der Waals surface area contributed by atoms with E-state index in [0.29, 0.717) is 24.7 Å². The van der Waals surface area contributed by atoms with Gasteiger partial charge in [0.2, 0.25) is 0 Å². The Balaban J connectivity index is 1.51. The molecule has 0 unspecified atom stereocenters. The molecule has 1 aromatic carbocycles. The van der Waals surface area contributed by atoms with Crippen molar-refractivity contribution in [2.75, 3.05) is 51.3 Å². The molecule has 1 amide bonds. The van der Waals surface area contributed by atoms with E-state index in [0.717, 1.165) is 44.3 Å². The normalized spacial score (nSPS) is 14.6. The van der Waals surface area contributed by atoms with E-state index in [4.69, 9.17) is 9.47 Å². The van der Waals surface area contributed by atoms with Crippen LogP contribution in [-0.4, -0.2) is 66.8 Å². The number of nitrogens with one attached hydrogen (secondary N) is 2. The van der Waals surface area contributed by atoms with Gasteiger partial charge < -0.3 is 20.1 Å². The molecule has 1 fully saturated rings. The standard InChI is InChI=1S/C19H25N5O3/c1-2-27-17-6-4-3-5-15(17)23-18-14-21-16(13-22-18)19(25)20-7-8-24-9-11-26-12-10-24/h3-6,13-14H,2,7-12H2,1H3,(H,20,25)(H,22,23). The lowest BCUT2D eigenvalue weighted by Crippen LogP contribution is -2.41. The van der Waals surface area contributed by atoms with Crippen LogP contribution < -0.4 is 15.4 Å². The molecule has 8 heteroatoms. The van der Waals surface area contributed by atoms with Crippen molar-refractivity contribution >= 4 is 17.4 Å². The highest BCUT2D eigenvalue weighted by Gasteiger charge is 2.12. The fourth-order valence-corrected chi connectivity index (χ4v) is 2.74. The third-order valence-electron chi connectivity index (χ3n) is 4.15. The molecule has 2 aromatic rings. The van der Waals surface area contributed by atoms with E-state index in [1.165, 1.54) is 6.20 Å². The number of amides is 1. The highest BCUT2D eigenvalue weighted by atomic mass is 16.5. The molecule has 2 N–H and O–H groups in total. The summed E-state index contributed by atoms with van der Waals surface area (Å²) in [5.41, 5.74) is 1.09. The lowest BCUT2D eigenvalue weighted by atomic mass is 10.3. The smallest absolute Gasteiger partial charge is 0.271 e. The Kier molecular flexibility index (Phi) is 6.95. The Labute approximate surface area is 158 Å². The van der Waals surface area contributed by atoms with Crippen molar-refractivity contribution in [3.05, 3.63) is 42.4 Å². The maximum absolute atomic E-state index is 12.2. The molecule has 0 spiro atoms. The first-order valence-corrected chi connectivity index (χ1v) is 9.15. The first-order chi connectivity index (χ1) is 13.3. The van der Waals surface area contributed by atoms with Gasteiger partial charge in [0.1, 0.15) is 17.3 Å². The number of hydrogen-bond donors (Lipinski definition) is 2. The summed E-state index contributed by atoms with van der Waals surface area (Å²) < 4.78 is 10.9. The van der Waals surface area contributed by atoms with Crippen molar-refractivity contribution in [1.82, 2.24) is 20.2 Å². The van der Waals surface area contributed by atoms with Crippen LogP contribution in [0, 0.1) is 0 Å². The second kappa shape index (κ2) is 9.84. The van der Waals surface area contributed by atoms with Crippen LogP contribution in [0.2, 0.25) is 0 Å². The van der Waals surface area contributed by atoms with Crippen LogP contribution in [-0.2, 0) is 4.74 Å². The Morgan fingerprint density at radius 2 is 2.04 bits per heavy atom. The van der Waals surface area contributed by atoms with Crippen LogP contribution in [0.3, 0.4) is 0 Å². The molecule has 1 saturated heterocycles. The van der Waals surface area contributed by atoms with Crippen molar-refractivity contribution < 1.29 is 14.3 Å². The van der Waals surface area contributed by atoms with E-state index in [1.807, 2.05) is 31.2 Å².